The number of rotatable bonds is 15. The van der Waals surface area contributed by atoms with Crippen LogP contribution in [0.2, 0.25) is 0 Å². The Morgan fingerprint density at radius 1 is 0.985 bits per heavy atom. The molecule has 2 fully saturated rings. The zero-order valence-corrected chi connectivity index (χ0v) is 39.7. The molecule has 362 valence electrons. The molecule has 2 saturated heterocycles. The molecule has 1 aliphatic carbocycles. The van der Waals surface area contributed by atoms with Gasteiger partial charge in [-0.25, -0.2) is 18.1 Å². The van der Waals surface area contributed by atoms with Gasteiger partial charge in [-0.1, -0.05) is 32.4 Å². The van der Waals surface area contributed by atoms with Crippen molar-refractivity contribution < 1.29 is 36.0 Å². The number of piperidine rings is 1. The van der Waals surface area contributed by atoms with Crippen molar-refractivity contribution in [1.29, 1.82) is 0 Å². The lowest BCUT2D eigenvalue weighted by Crippen LogP contribution is -2.47. The summed E-state index contributed by atoms with van der Waals surface area (Å²) in [7, 11) is -4.60. The lowest BCUT2D eigenvalue weighted by Gasteiger charge is -2.39. The third-order valence-corrected chi connectivity index (χ3v) is 15.1. The molecule has 2 aliphatic heterocycles. The Morgan fingerprint density at radius 2 is 1.75 bits per heavy atom. The molecule has 0 radical (unpaired) electrons. The van der Waals surface area contributed by atoms with Gasteiger partial charge in [0.25, 0.3) is 21.6 Å². The maximum atomic E-state index is 14.0. The van der Waals surface area contributed by atoms with Crippen molar-refractivity contribution in [1.82, 2.24) is 24.5 Å². The number of piperazine rings is 1. The summed E-state index contributed by atoms with van der Waals surface area (Å²) in [6, 6.07) is 16.1. The van der Waals surface area contributed by atoms with Crippen LogP contribution < -0.4 is 19.7 Å². The number of sulfonamides is 1. The molecule has 0 bridgehead atoms. The number of aromatic amines is 1. The zero-order valence-electron chi connectivity index (χ0n) is 38.9. The SMILES string of the molecule is CCN1CCC(CCNc2ccc(S(=O)(=O)NC(=O)c3ccc(N4CCN(CC5=C(c6ccc(C(F)(F)F)cc6C)CC(C)(C)CC5)CC4)cc3Oc3cnc4[nH]ccc4c3)cc2[N+](=O)[O-])CC1. The number of pyridine rings is 1. The third kappa shape index (κ3) is 11.3. The quantitative estimate of drug-likeness (QED) is 0.0675. The molecule has 2 aromatic heterocycles. The molecule has 8 rings (SSSR count). The number of nitrogens with zero attached hydrogens (tertiary/aromatic N) is 5. The number of aromatic nitrogens is 2. The molecule has 3 N–H and O–H groups in total. The second-order valence-electron chi connectivity index (χ2n) is 19.0. The van der Waals surface area contributed by atoms with Gasteiger partial charge in [-0.3, -0.25) is 19.8 Å². The smallest absolute Gasteiger partial charge is 0.416 e. The zero-order chi connectivity index (χ0) is 48.4. The van der Waals surface area contributed by atoms with Gasteiger partial charge in [-0.05, 0) is 142 Å². The Hall–Kier alpha value is -5.98. The summed E-state index contributed by atoms with van der Waals surface area (Å²) < 4.78 is 76.6. The molecular formula is C50H59F3N8O6S. The van der Waals surface area contributed by atoms with Crippen molar-refractivity contribution >= 4 is 49.6 Å². The van der Waals surface area contributed by atoms with Crippen LogP contribution in [0.15, 0.2) is 89.6 Å². The Balaban J connectivity index is 0.983. The summed E-state index contributed by atoms with van der Waals surface area (Å²) in [6.45, 7) is 15.2. The molecular weight excluding hydrogens is 898 g/mol. The second kappa shape index (κ2) is 19.9. The van der Waals surface area contributed by atoms with Crippen LogP contribution >= 0.6 is 0 Å². The van der Waals surface area contributed by atoms with Gasteiger partial charge >= 0.3 is 6.18 Å². The van der Waals surface area contributed by atoms with Crippen molar-refractivity contribution in [3.63, 3.8) is 0 Å². The van der Waals surface area contributed by atoms with E-state index in [0.29, 0.717) is 62.1 Å². The number of hydrogen-bond acceptors (Lipinski definition) is 11. The van der Waals surface area contributed by atoms with Crippen LogP contribution in [-0.2, 0) is 16.2 Å². The molecule has 14 nitrogen and oxygen atoms in total. The Labute approximate surface area is 395 Å². The summed E-state index contributed by atoms with van der Waals surface area (Å²) >= 11 is 0. The van der Waals surface area contributed by atoms with Crippen LogP contribution in [-0.4, -0.2) is 97.9 Å². The number of carbonyl (C=O) groups is 1. The van der Waals surface area contributed by atoms with Crippen molar-refractivity contribution in [3.8, 4) is 11.5 Å². The third-order valence-electron chi connectivity index (χ3n) is 13.8. The normalized spacial score (nSPS) is 17.7. The number of H-pyrrole nitrogens is 1. The summed E-state index contributed by atoms with van der Waals surface area (Å²) in [5, 5.41) is 16.1. The Morgan fingerprint density at radius 3 is 2.46 bits per heavy atom. The number of amides is 1. The molecule has 0 saturated carbocycles. The molecule has 4 heterocycles. The van der Waals surface area contributed by atoms with E-state index in [-0.39, 0.29) is 22.4 Å². The first-order valence-corrected chi connectivity index (χ1v) is 24.8. The molecule has 1 amide bonds. The number of nitrogens with one attached hydrogen (secondary N) is 3. The number of anilines is 2. The molecule has 3 aromatic carbocycles. The van der Waals surface area contributed by atoms with Crippen LogP contribution in [0.1, 0.15) is 86.3 Å². The minimum absolute atomic E-state index is 0.0124. The molecule has 18 heteroatoms. The van der Waals surface area contributed by atoms with Crippen molar-refractivity contribution in [2.75, 3.05) is 69.1 Å². The highest BCUT2D eigenvalue weighted by molar-refractivity contribution is 7.90. The van der Waals surface area contributed by atoms with E-state index in [1.165, 1.54) is 42.1 Å². The average molecular weight is 957 g/mol. The van der Waals surface area contributed by atoms with Gasteiger partial charge in [0, 0.05) is 68.7 Å². The average Bonchev–Trinajstić information content (AvgIpc) is 3.78. The maximum absolute atomic E-state index is 14.0. The number of aryl methyl sites for hydroxylation is 1. The summed E-state index contributed by atoms with van der Waals surface area (Å²) in [4.78, 5) is 39.4. The van der Waals surface area contributed by atoms with E-state index in [0.717, 1.165) is 86.4 Å². The van der Waals surface area contributed by atoms with Crippen molar-refractivity contribution in [3.05, 3.63) is 117 Å². The molecule has 0 unspecified atom stereocenters. The van der Waals surface area contributed by atoms with Gasteiger partial charge in [0.1, 0.15) is 22.8 Å². The number of allylic oxidation sites excluding steroid dienone is 1. The minimum Gasteiger partial charge on any atom is -0.455 e. The van der Waals surface area contributed by atoms with Gasteiger partial charge in [-0.15, -0.1) is 0 Å². The largest absolute Gasteiger partial charge is 0.455 e. The van der Waals surface area contributed by atoms with Crippen LogP contribution in [0.4, 0.5) is 30.2 Å². The fourth-order valence-corrected chi connectivity index (χ4v) is 10.7. The van der Waals surface area contributed by atoms with Gasteiger partial charge in [-0.2, -0.15) is 13.2 Å². The van der Waals surface area contributed by atoms with E-state index in [9.17, 15) is 36.5 Å². The number of carbonyl (C=O) groups excluding carboxylic acids is 1. The molecule has 0 spiro atoms. The second-order valence-corrected chi connectivity index (χ2v) is 20.7. The highest BCUT2D eigenvalue weighted by Crippen LogP contribution is 2.45. The van der Waals surface area contributed by atoms with Gasteiger partial charge in [0.15, 0.2) is 0 Å². The summed E-state index contributed by atoms with van der Waals surface area (Å²) in [5.74, 6) is -0.112. The van der Waals surface area contributed by atoms with Crippen LogP contribution in [0, 0.1) is 28.4 Å². The van der Waals surface area contributed by atoms with E-state index < -0.39 is 43.2 Å². The fourth-order valence-electron chi connectivity index (χ4n) is 9.70. The standard InChI is InChI=1S/C50H59F3N8O6S/c1-5-58-20-15-34(16-21-58)13-18-54-44-11-8-40(29-45(44)61(63)64)68(65,66)57-48(62)42-10-7-38(28-46(42)67-39-27-35-14-19-55-47(35)56-31-39)60-24-22-59(23-25-60)32-36-12-17-49(3,4)30-43(36)41-9-6-37(26-33(41)2)50(51,52)53/h6-11,14,19,26-29,31,34,54H,5,12-13,15-18,20-25,30,32H2,1-4H3,(H,55,56)(H,57,62). The van der Waals surface area contributed by atoms with Gasteiger partial charge < -0.3 is 24.8 Å². The minimum atomic E-state index is -4.60. The van der Waals surface area contributed by atoms with Crippen molar-refractivity contribution in [2.24, 2.45) is 11.3 Å². The van der Waals surface area contributed by atoms with Crippen LogP contribution in [0.3, 0.4) is 0 Å². The first-order chi connectivity index (χ1) is 32.4. The first kappa shape index (κ1) is 48.5. The number of likely N-dealkylation sites (tertiary alicyclic amines) is 1. The van der Waals surface area contributed by atoms with Crippen molar-refractivity contribution in [2.45, 2.75) is 77.3 Å². The number of hydrogen-bond donors (Lipinski definition) is 3. The van der Waals surface area contributed by atoms with E-state index in [1.807, 2.05) is 6.07 Å². The fraction of sp³-hybridized carbons (Fsp3) is 0.440. The molecule has 68 heavy (non-hydrogen) atoms. The van der Waals surface area contributed by atoms with Crippen LogP contribution in [0.25, 0.3) is 16.6 Å². The number of halogens is 3. The number of benzene rings is 3. The molecule has 0 atom stereocenters. The highest BCUT2D eigenvalue weighted by Gasteiger charge is 2.34. The van der Waals surface area contributed by atoms with E-state index in [2.05, 4.69) is 55.5 Å². The Kier molecular flexibility index (Phi) is 14.2. The van der Waals surface area contributed by atoms with E-state index >= 15 is 0 Å². The van der Waals surface area contributed by atoms with Gasteiger partial charge in [0.05, 0.1) is 27.1 Å². The monoisotopic (exact) mass is 956 g/mol. The maximum Gasteiger partial charge on any atom is 0.416 e. The number of nitro groups is 1. The number of ether oxygens (including phenoxy) is 1. The Bertz CT molecular complexity index is 2810. The lowest BCUT2D eigenvalue weighted by molar-refractivity contribution is -0.384. The molecule has 5 aromatic rings. The summed E-state index contributed by atoms with van der Waals surface area (Å²) in [6.07, 6.45) is 4.35. The van der Waals surface area contributed by atoms with Crippen LogP contribution in [0.5, 0.6) is 11.5 Å². The van der Waals surface area contributed by atoms with Gasteiger partial charge in [0.2, 0.25) is 0 Å². The van der Waals surface area contributed by atoms with E-state index in [1.54, 1.807) is 37.4 Å². The number of fused-ring (bicyclic) bond motifs is 1. The number of alkyl halides is 3. The number of nitro benzene ring substituents is 1. The first-order valence-electron chi connectivity index (χ1n) is 23.3. The summed E-state index contributed by atoms with van der Waals surface area (Å²) in [5.41, 5.74) is 4.26. The predicted octanol–water partition coefficient (Wildman–Crippen LogP) is 10.0. The lowest BCUT2D eigenvalue weighted by atomic mass is 9.72. The molecule has 3 aliphatic rings. The highest BCUT2D eigenvalue weighted by atomic mass is 32.2. The van der Waals surface area contributed by atoms with E-state index in [4.69, 9.17) is 4.74 Å². The predicted molar refractivity (Wildman–Crippen MR) is 258 cm³/mol. The topological polar surface area (TPSA) is 166 Å².